The van der Waals surface area contributed by atoms with Crippen molar-refractivity contribution in [1.82, 2.24) is 4.90 Å². The molecule has 32 heavy (non-hydrogen) atoms. The van der Waals surface area contributed by atoms with Gasteiger partial charge in [0.25, 0.3) is 5.91 Å². The molecule has 0 fully saturated rings. The Morgan fingerprint density at radius 3 is 2.50 bits per heavy atom. The normalized spacial score (nSPS) is 16.1. The van der Waals surface area contributed by atoms with Gasteiger partial charge in [0, 0.05) is 26.0 Å². The van der Waals surface area contributed by atoms with Crippen molar-refractivity contribution in [3.8, 4) is 5.75 Å². The number of aliphatic hydroxyl groups excluding tert-OH is 1. The number of hydrogen-bond donors (Lipinski definition) is 1. The Morgan fingerprint density at radius 2 is 1.84 bits per heavy atom. The molecule has 1 N–H and O–H groups in total. The Labute approximate surface area is 183 Å². The van der Waals surface area contributed by atoms with Crippen molar-refractivity contribution in [2.24, 2.45) is 0 Å². The summed E-state index contributed by atoms with van der Waals surface area (Å²) in [5.41, 5.74) is 1.01. The van der Waals surface area contributed by atoms with Crippen molar-refractivity contribution < 1.29 is 33.4 Å². The second kappa shape index (κ2) is 8.68. The minimum absolute atomic E-state index is 0.0238. The van der Waals surface area contributed by atoms with Crippen molar-refractivity contribution >= 4 is 28.6 Å². The van der Waals surface area contributed by atoms with Crippen LogP contribution in [0.4, 0.5) is 0 Å². The van der Waals surface area contributed by atoms with Crippen LogP contribution in [0.2, 0.25) is 0 Å². The number of amides is 1. The van der Waals surface area contributed by atoms with Gasteiger partial charge in [-0.2, -0.15) is 0 Å². The van der Waals surface area contributed by atoms with Gasteiger partial charge >= 0.3 is 5.97 Å². The minimum Gasteiger partial charge on any atom is -0.503 e. The molecule has 164 valence electrons. The van der Waals surface area contributed by atoms with E-state index in [2.05, 4.69) is 0 Å². The topological polar surface area (TPSA) is 106 Å². The highest BCUT2D eigenvalue weighted by atomic mass is 16.5. The third-order valence-corrected chi connectivity index (χ3v) is 5.19. The van der Waals surface area contributed by atoms with Gasteiger partial charge in [-0.05, 0) is 29.8 Å². The van der Waals surface area contributed by atoms with E-state index in [1.165, 1.54) is 18.9 Å². The highest BCUT2D eigenvalue weighted by molar-refractivity contribution is 6.16. The molecule has 0 bridgehead atoms. The number of rotatable bonds is 7. The Hall–Kier alpha value is -3.91. The van der Waals surface area contributed by atoms with Crippen molar-refractivity contribution in [3.05, 3.63) is 77.3 Å². The molecule has 1 amide bonds. The minimum atomic E-state index is -0.857. The summed E-state index contributed by atoms with van der Waals surface area (Å²) in [5, 5.41) is 11.4. The number of furan rings is 1. The summed E-state index contributed by atoms with van der Waals surface area (Å²) in [4.78, 5) is 38.8. The molecular weight excluding hydrogens is 414 g/mol. The molecule has 1 atom stereocenters. The first-order chi connectivity index (χ1) is 15.4. The summed E-state index contributed by atoms with van der Waals surface area (Å²) in [6, 6.07) is 14.3. The van der Waals surface area contributed by atoms with Gasteiger partial charge in [-0.1, -0.05) is 30.3 Å². The van der Waals surface area contributed by atoms with E-state index >= 15 is 0 Å². The summed E-state index contributed by atoms with van der Waals surface area (Å²) in [6.07, 6.45) is 0. The van der Waals surface area contributed by atoms with Crippen LogP contribution in [0.15, 0.2) is 70.3 Å². The second-order valence-electron chi connectivity index (χ2n) is 7.30. The zero-order valence-corrected chi connectivity index (χ0v) is 17.5. The van der Waals surface area contributed by atoms with Gasteiger partial charge < -0.3 is 23.9 Å². The van der Waals surface area contributed by atoms with Gasteiger partial charge in [0.1, 0.15) is 11.3 Å². The first-order valence-corrected chi connectivity index (χ1v) is 9.95. The summed E-state index contributed by atoms with van der Waals surface area (Å²) >= 11 is 0. The van der Waals surface area contributed by atoms with Crippen LogP contribution in [0, 0.1) is 0 Å². The summed E-state index contributed by atoms with van der Waals surface area (Å²) in [7, 11) is 1.50. The van der Waals surface area contributed by atoms with E-state index in [0.717, 1.165) is 5.39 Å². The van der Waals surface area contributed by atoms with Gasteiger partial charge in [0.15, 0.2) is 11.5 Å². The molecule has 0 spiro atoms. The number of esters is 1. The lowest BCUT2D eigenvalue weighted by molar-refractivity contribution is -0.132. The van der Waals surface area contributed by atoms with Crippen molar-refractivity contribution in [3.63, 3.8) is 0 Å². The molecule has 8 heteroatoms. The zero-order valence-electron chi connectivity index (χ0n) is 17.5. The maximum atomic E-state index is 13.4. The van der Waals surface area contributed by atoms with Crippen LogP contribution in [-0.4, -0.2) is 47.9 Å². The average Bonchev–Trinajstić information content (AvgIpc) is 3.32. The number of fused-ring (bicyclic) bond motifs is 1. The highest BCUT2D eigenvalue weighted by Crippen LogP contribution is 2.39. The number of carbonyl (C=O) groups is 3. The molecule has 1 aliphatic rings. The molecule has 2 aromatic carbocycles. The Bertz CT molecular complexity index is 1190. The van der Waals surface area contributed by atoms with Crippen LogP contribution in [0.25, 0.3) is 11.0 Å². The number of hydrogen-bond acceptors (Lipinski definition) is 7. The molecule has 4 rings (SSSR count). The molecule has 1 aliphatic heterocycles. The third kappa shape index (κ3) is 3.88. The molecule has 0 aliphatic carbocycles. The fraction of sp³-hybridized carbons (Fsp3) is 0.208. The summed E-state index contributed by atoms with van der Waals surface area (Å²) < 4.78 is 15.8. The molecule has 0 saturated heterocycles. The highest BCUT2D eigenvalue weighted by Gasteiger charge is 2.44. The fourth-order valence-electron chi connectivity index (χ4n) is 3.76. The maximum absolute atomic E-state index is 13.4. The lowest BCUT2D eigenvalue weighted by atomic mass is 9.95. The Balaban J connectivity index is 1.75. The number of ketones is 1. The molecule has 0 radical (unpaired) electrons. The molecule has 1 aromatic heterocycles. The van der Waals surface area contributed by atoms with Crippen molar-refractivity contribution in [1.29, 1.82) is 0 Å². The number of benzene rings is 2. The van der Waals surface area contributed by atoms with E-state index < -0.39 is 29.5 Å². The molecule has 1 unspecified atom stereocenters. The molecular formula is C24H21NO7. The lowest BCUT2D eigenvalue weighted by Gasteiger charge is -2.26. The van der Waals surface area contributed by atoms with Crippen LogP contribution in [0.5, 0.6) is 5.75 Å². The monoisotopic (exact) mass is 435 g/mol. The number of Topliss-reactive ketones (excluding diaryl/α,β-unsaturated/α-hetero) is 1. The van der Waals surface area contributed by atoms with E-state index in [4.69, 9.17) is 13.9 Å². The first-order valence-electron chi connectivity index (χ1n) is 9.95. The van der Waals surface area contributed by atoms with Crippen LogP contribution in [-0.2, 0) is 14.3 Å². The van der Waals surface area contributed by atoms with Gasteiger partial charge in [0.05, 0.1) is 18.2 Å². The van der Waals surface area contributed by atoms with E-state index in [1.54, 1.807) is 48.5 Å². The predicted molar refractivity (Wildman–Crippen MR) is 114 cm³/mol. The van der Waals surface area contributed by atoms with E-state index in [9.17, 15) is 19.5 Å². The van der Waals surface area contributed by atoms with Crippen molar-refractivity contribution in [2.45, 2.75) is 13.0 Å². The smallest absolute Gasteiger partial charge is 0.308 e. The number of ether oxygens (including phenoxy) is 2. The lowest BCUT2D eigenvalue weighted by Crippen LogP contribution is -2.34. The number of aliphatic hydroxyl groups is 1. The number of methoxy groups -OCH3 is 1. The average molecular weight is 435 g/mol. The number of para-hydroxylation sites is 1. The summed E-state index contributed by atoms with van der Waals surface area (Å²) in [5.74, 6) is -1.99. The van der Waals surface area contributed by atoms with Gasteiger partial charge in [-0.3, -0.25) is 14.4 Å². The van der Waals surface area contributed by atoms with Crippen LogP contribution in [0.1, 0.15) is 29.1 Å². The third-order valence-electron chi connectivity index (χ3n) is 5.19. The number of nitrogens with zero attached hydrogens (tertiary/aromatic N) is 1. The Kier molecular flexibility index (Phi) is 5.79. The summed E-state index contributed by atoms with van der Waals surface area (Å²) in [6.45, 7) is 1.67. The SMILES string of the molecule is COCCN1C(=O)C(O)=C(C(=O)c2cc3ccccc3o2)C1c1ccc(OC(C)=O)cc1. The predicted octanol–water partition coefficient (Wildman–Crippen LogP) is 3.58. The molecule has 3 aromatic rings. The van der Waals surface area contributed by atoms with E-state index in [0.29, 0.717) is 16.9 Å². The maximum Gasteiger partial charge on any atom is 0.308 e. The van der Waals surface area contributed by atoms with Gasteiger partial charge in [-0.25, -0.2) is 0 Å². The standard InChI is InChI=1S/C24H21NO7/c1-14(26)31-17-9-7-15(8-10-17)21-20(23(28)24(29)25(21)11-12-30-2)22(27)19-13-16-5-3-4-6-18(16)32-19/h3-10,13,21,28H,11-12H2,1-2H3. The molecule has 0 saturated carbocycles. The van der Waals surface area contributed by atoms with Crippen LogP contribution in [0.3, 0.4) is 0 Å². The van der Waals surface area contributed by atoms with Gasteiger partial charge in [0.2, 0.25) is 5.78 Å². The number of carbonyl (C=O) groups excluding carboxylic acids is 3. The van der Waals surface area contributed by atoms with Gasteiger partial charge in [-0.15, -0.1) is 0 Å². The molecule has 2 heterocycles. The zero-order chi connectivity index (χ0) is 22.8. The second-order valence-corrected chi connectivity index (χ2v) is 7.30. The largest absolute Gasteiger partial charge is 0.503 e. The Morgan fingerprint density at radius 1 is 1.12 bits per heavy atom. The van der Waals surface area contributed by atoms with E-state index in [1.807, 2.05) is 6.07 Å². The molecule has 8 nitrogen and oxygen atoms in total. The van der Waals surface area contributed by atoms with Crippen LogP contribution >= 0.6 is 0 Å². The quantitative estimate of drug-likeness (QED) is 0.343. The fourth-order valence-corrected chi connectivity index (χ4v) is 3.76. The first kappa shape index (κ1) is 21.3. The van der Waals surface area contributed by atoms with Crippen LogP contribution < -0.4 is 4.74 Å². The van der Waals surface area contributed by atoms with E-state index in [-0.39, 0.29) is 24.5 Å². The van der Waals surface area contributed by atoms with Crippen molar-refractivity contribution in [2.75, 3.05) is 20.3 Å².